The van der Waals surface area contributed by atoms with Gasteiger partial charge in [0, 0.05) is 17.2 Å². The molecule has 0 saturated heterocycles. The van der Waals surface area contributed by atoms with Gasteiger partial charge in [-0.3, -0.25) is 4.98 Å². The van der Waals surface area contributed by atoms with Gasteiger partial charge in [-0.1, -0.05) is 18.5 Å². The van der Waals surface area contributed by atoms with Crippen molar-refractivity contribution in [3.8, 4) is 11.6 Å². The summed E-state index contributed by atoms with van der Waals surface area (Å²) >= 11 is 9.33. The van der Waals surface area contributed by atoms with Crippen LogP contribution in [0.4, 0.5) is 5.95 Å². The topological polar surface area (TPSA) is 59.9 Å². The molecule has 0 fully saturated rings. The molecule has 1 N–H and O–H groups in total. The van der Waals surface area contributed by atoms with Gasteiger partial charge in [-0.2, -0.15) is 4.98 Å². The molecule has 0 aliphatic rings. The van der Waals surface area contributed by atoms with Crippen molar-refractivity contribution in [2.24, 2.45) is 0 Å². The third kappa shape index (κ3) is 4.04. The van der Waals surface area contributed by atoms with Gasteiger partial charge in [0.05, 0.1) is 12.4 Å². The second kappa shape index (κ2) is 6.68. The highest BCUT2D eigenvalue weighted by Gasteiger charge is 2.08. The second-order valence-electron chi connectivity index (χ2n) is 3.71. The molecule has 0 aromatic carbocycles. The average molecular weight is 344 g/mol. The van der Waals surface area contributed by atoms with Crippen molar-refractivity contribution in [3.63, 3.8) is 0 Å². The zero-order valence-electron chi connectivity index (χ0n) is 10.2. The highest BCUT2D eigenvalue weighted by atomic mass is 79.9. The normalized spacial score (nSPS) is 10.3. The first-order valence-corrected chi connectivity index (χ1v) is 6.91. The number of pyridine rings is 1. The summed E-state index contributed by atoms with van der Waals surface area (Å²) in [6.45, 7) is 2.85. The molecule has 0 aliphatic carbocycles. The number of anilines is 1. The minimum absolute atomic E-state index is 0.301. The lowest BCUT2D eigenvalue weighted by atomic mass is 10.4. The largest absolute Gasteiger partial charge is 0.436 e. The Morgan fingerprint density at radius 3 is 2.95 bits per heavy atom. The molecule has 100 valence electrons. The van der Waals surface area contributed by atoms with E-state index in [0.29, 0.717) is 22.6 Å². The summed E-state index contributed by atoms with van der Waals surface area (Å²) in [4.78, 5) is 12.3. The van der Waals surface area contributed by atoms with Crippen LogP contribution in [0.15, 0.2) is 29.1 Å². The van der Waals surface area contributed by atoms with Gasteiger partial charge < -0.3 is 10.1 Å². The quantitative estimate of drug-likeness (QED) is 0.892. The van der Waals surface area contributed by atoms with Gasteiger partial charge in [-0.25, -0.2) is 4.98 Å². The van der Waals surface area contributed by atoms with Crippen molar-refractivity contribution in [2.75, 3.05) is 11.9 Å². The van der Waals surface area contributed by atoms with Crippen LogP contribution in [0.5, 0.6) is 11.6 Å². The van der Waals surface area contributed by atoms with E-state index in [2.05, 4.69) is 43.1 Å². The zero-order chi connectivity index (χ0) is 13.7. The van der Waals surface area contributed by atoms with Crippen molar-refractivity contribution < 1.29 is 4.74 Å². The van der Waals surface area contributed by atoms with Gasteiger partial charge in [0.1, 0.15) is 10.8 Å². The number of hydrogen-bond acceptors (Lipinski definition) is 5. The van der Waals surface area contributed by atoms with Gasteiger partial charge in [-0.05, 0) is 28.4 Å². The first-order valence-electron chi connectivity index (χ1n) is 5.74. The van der Waals surface area contributed by atoms with Crippen LogP contribution in [-0.4, -0.2) is 21.5 Å². The maximum atomic E-state index is 6.01. The van der Waals surface area contributed by atoms with Crippen molar-refractivity contribution in [1.29, 1.82) is 0 Å². The Kier molecular flexibility index (Phi) is 4.93. The number of hydrogen-bond donors (Lipinski definition) is 1. The van der Waals surface area contributed by atoms with E-state index >= 15 is 0 Å². The van der Waals surface area contributed by atoms with Crippen molar-refractivity contribution in [3.05, 3.63) is 34.2 Å². The van der Waals surface area contributed by atoms with Crippen molar-refractivity contribution >= 4 is 33.5 Å². The first-order chi connectivity index (χ1) is 9.19. The van der Waals surface area contributed by atoms with E-state index in [0.717, 1.165) is 17.4 Å². The van der Waals surface area contributed by atoms with Gasteiger partial charge in [0.25, 0.3) is 0 Å². The smallest absolute Gasteiger partial charge is 0.243 e. The van der Waals surface area contributed by atoms with Crippen LogP contribution in [0.25, 0.3) is 0 Å². The molecule has 0 unspecified atom stereocenters. The van der Waals surface area contributed by atoms with E-state index in [1.54, 1.807) is 18.5 Å². The van der Waals surface area contributed by atoms with Crippen LogP contribution < -0.4 is 10.1 Å². The molecule has 0 bridgehead atoms. The molecule has 0 radical (unpaired) electrons. The predicted molar refractivity (Wildman–Crippen MR) is 77.8 cm³/mol. The van der Waals surface area contributed by atoms with Crippen LogP contribution in [0.3, 0.4) is 0 Å². The van der Waals surface area contributed by atoms with Gasteiger partial charge in [0.2, 0.25) is 11.8 Å². The van der Waals surface area contributed by atoms with Crippen LogP contribution >= 0.6 is 27.5 Å². The molecule has 2 aromatic heterocycles. The van der Waals surface area contributed by atoms with Gasteiger partial charge >= 0.3 is 0 Å². The number of aromatic nitrogens is 3. The molecule has 0 spiro atoms. The Bertz CT molecular complexity index is 567. The summed E-state index contributed by atoms with van der Waals surface area (Å²) in [5.41, 5.74) is 0. The number of rotatable bonds is 5. The van der Waals surface area contributed by atoms with Crippen LogP contribution in [0.1, 0.15) is 13.3 Å². The highest BCUT2D eigenvalue weighted by molar-refractivity contribution is 9.10. The lowest BCUT2D eigenvalue weighted by molar-refractivity contribution is 0.460. The summed E-state index contributed by atoms with van der Waals surface area (Å²) in [6, 6.07) is 1.78. The van der Waals surface area contributed by atoms with Crippen LogP contribution in [-0.2, 0) is 0 Å². The van der Waals surface area contributed by atoms with Crippen LogP contribution in [0.2, 0.25) is 5.02 Å². The number of nitrogens with zero attached hydrogens (tertiary/aromatic N) is 3. The molecular formula is C12H12BrClN4O. The Labute approximate surface area is 124 Å². The third-order valence-electron chi connectivity index (χ3n) is 2.14. The second-order valence-corrected chi connectivity index (χ2v) is 5.04. The molecule has 0 saturated carbocycles. The maximum absolute atomic E-state index is 6.01. The summed E-state index contributed by atoms with van der Waals surface area (Å²) in [7, 11) is 0. The number of halogens is 2. The zero-order valence-corrected chi connectivity index (χ0v) is 12.6. The third-order valence-corrected chi connectivity index (χ3v) is 2.83. The average Bonchev–Trinajstić information content (AvgIpc) is 2.40. The van der Waals surface area contributed by atoms with E-state index in [-0.39, 0.29) is 0 Å². The standard InChI is InChI=1S/C12H12BrClN4O/c1-2-3-16-12-17-7-10(14)11(18-12)19-9-4-8(13)5-15-6-9/h4-7H,2-3H2,1H3,(H,16,17,18). The Balaban J connectivity index is 2.19. The van der Waals surface area contributed by atoms with E-state index < -0.39 is 0 Å². The molecule has 0 amide bonds. The SMILES string of the molecule is CCCNc1ncc(Cl)c(Oc2cncc(Br)c2)n1. The molecule has 19 heavy (non-hydrogen) atoms. The molecule has 0 atom stereocenters. The Morgan fingerprint density at radius 2 is 2.21 bits per heavy atom. The van der Waals surface area contributed by atoms with Gasteiger partial charge in [-0.15, -0.1) is 0 Å². The molecule has 2 aromatic rings. The van der Waals surface area contributed by atoms with Crippen LogP contribution in [0, 0.1) is 0 Å². The highest BCUT2D eigenvalue weighted by Crippen LogP contribution is 2.28. The summed E-state index contributed by atoms with van der Waals surface area (Å²) in [5, 5.41) is 3.42. The minimum atomic E-state index is 0.301. The lowest BCUT2D eigenvalue weighted by Crippen LogP contribution is -2.04. The fraction of sp³-hybridized carbons (Fsp3) is 0.250. The molecule has 0 aliphatic heterocycles. The molecular weight excluding hydrogens is 332 g/mol. The minimum Gasteiger partial charge on any atom is -0.436 e. The van der Waals surface area contributed by atoms with E-state index in [4.69, 9.17) is 16.3 Å². The molecule has 2 rings (SSSR count). The molecule has 2 heterocycles. The van der Waals surface area contributed by atoms with Gasteiger partial charge in [0.15, 0.2) is 0 Å². The van der Waals surface area contributed by atoms with E-state index in [1.165, 1.54) is 6.20 Å². The summed E-state index contributed by atoms with van der Waals surface area (Å²) in [5.74, 6) is 1.34. The summed E-state index contributed by atoms with van der Waals surface area (Å²) in [6.07, 6.45) is 5.75. The molecule has 7 heteroatoms. The predicted octanol–water partition coefficient (Wildman–Crippen LogP) is 3.90. The first kappa shape index (κ1) is 14.0. The Morgan fingerprint density at radius 1 is 1.37 bits per heavy atom. The number of ether oxygens (including phenoxy) is 1. The van der Waals surface area contributed by atoms with E-state index in [9.17, 15) is 0 Å². The fourth-order valence-corrected chi connectivity index (χ4v) is 1.78. The monoisotopic (exact) mass is 342 g/mol. The van der Waals surface area contributed by atoms with E-state index in [1.807, 2.05) is 0 Å². The lowest BCUT2D eigenvalue weighted by Gasteiger charge is -2.08. The molecule has 5 nitrogen and oxygen atoms in total. The van der Waals surface area contributed by atoms with Crippen molar-refractivity contribution in [1.82, 2.24) is 15.0 Å². The number of nitrogens with one attached hydrogen (secondary N) is 1. The summed E-state index contributed by atoms with van der Waals surface area (Å²) < 4.78 is 6.41. The maximum Gasteiger partial charge on any atom is 0.243 e. The van der Waals surface area contributed by atoms with Crippen molar-refractivity contribution in [2.45, 2.75) is 13.3 Å². The fourth-order valence-electron chi connectivity index (χ4n) is 1.30. The Hall–Kier alpha value is -1.40.